The number of hydrogen-bond donors (Lipinski definition) is 2. The second-order valence-corrected chi connectivity index (χ2v) is 8.08. The minimum Gasteiger partial charge on any atom is -0.480 e. The maximum atomic E-state index is 12.4. The molecular weight excluding hydrogens is 342 g/mol. The molecule has 1 aromatic carbocycles. The molecule has 3 rings (SSSR count). The number of nitrogens with two attached hydrogens (primary N) is 1. The summed E-state index contributed by atoms with van der Waals surface area (Å²) < 4.78 is 0. The molecule has 0 radical (unpaired) electrons. The molecule has 2 aliphatic heterocycles. The summed E-state index contributed by atoms with van der Waals surface area (Å²) in [6.45, 7) is 6.90. The van der Waals surface area contributed by atoms with Gasteiger partial charge in [0.05, 0.1) is 0 Å². The van der Waals surface area contributed by atoms with Gasteiger partial charge in [0.1, 0.15) is 11.6 Å². The first-order valence-electron chi connectivity index (χ1n) is 9.94. The number of carbonyl (C=O) groups is 2. The Morgan fingerprint density at radius 1 is 1.07 bits per heavy atom. The lowest BCUT2D eigenvalue weighted by Crippen LogP contribution is -2.63. The van der Waals surface area contributed by atoms with Crippen LogP contribution >= 0.6 is 0 Å². The summed E-state index contributed by atoms with van der Waals surface area (Å²) in [4.78, 5) is 28.7. The minimum atomic E-state index is -0.841. The monoisotopic (exact) mass is 373 g/mol. The van der Waals surface area contributed by atoms with E-state index >= 15 is 0 Å². The van der Waals surface area contributed by atoms with E-state index in [1.807, 2.05) is 36.9 Å². The van der Waals surface area contributed by atoms with Crippen molar-refractivity contribution in [2.75, 3.05) is 26.2 Å². The Balaban J connectivity index is 1.81. The number of carboxylic acids is 1. The fourth-order valence-corrected chi connectivity index (χ4v) is 4.81. The normalized spacial score (nSPS) is 22.3. The van der Waals surface area contributed by atoms with E-state index in [-0.39, 0.29) is 5.91 Å². The minimum absolute atomic E-state index is 0.262. The lowest BCUT2D eigenvalue weighted by Gasteiger charge is -2.49. The van der Waals surface area contributed by atoms with E-state index in [4.69, 9.17) is 5.73 Å². The van der Waals surface area contributed by atoms with Crippen molar-refractivity contribution in [2.24, 2.45) is 5.73 Å². The van der Waals surface area contributed by atoms with Crippen molar-refractivity contribution in [3.63, 3.8) is 0 Å². The molecule has 2 aliphatic rings. The molecule has 0 saturated carbocycles. The summed E-state index contributed by atoms with van der Waals surface area (Å²) in [5.41, 5.74) is 8.17. The standard InChI is InChI=1S/C21H31N3O3/c1-15-6-7-17(16(2)14-15)18(19(25)26)23-12-8-21(9-13-23,20(22)27)24-10-4-3-5-11-24/h6-7,14,18H,3-5,8-13H2,1-2H3,(H2,22,27)(H,25,26). The number of primary amides is 1. The Morgan fingerprint density at radius 2 is 1.70 bits per heavy atom. The molecule has 27 heavy (non-hydrogen) atoms. The van der Waals surface area contributed by atoms with Crippen LogP contribution in [-0.2, 0) is 9.59 Å². The van der Waals surface area contributed by atoms with Gasteiger partial charge in [0.15, 0.2) is 0 Å². The first kappa shape index (κ1) is 19.8. The fourth-order valence-electron chi connectivity index (χ4n) is 4.81. The molecule has 1 amide bonds. The van der Waals surface area contributed by atoms with E-state index in [1.165, 1.54) is 6.42 Å². The third kappa shape index (κ3) is 3.87. The van der Waals surface area contributed by atoms with Crippen LogP contribution in [0.4, 0.5) is 0 Å². The second-order valence-electron chi connectivity index (χ2n) is 8.08. The van der Waals surface area contributed by atoms with Crippen LogP contribution in [0.1, 0.15) is 54.8 Å². The predicted octanol–water partition coefficient (Wildman–Crippen LogP) is 2.23. The van der Waals surface area contributed by atoms with Crippen LogP contribution in [0.2, 0.25) is 0 Å². The average Bonchev–Trinajstić information content (AvgIpc) is 2.64. The summed E-state index contributed by atoms with van der Waals surface area (Å²) in [5.74, 6) is -1.10. The SMILES string of the molecule is Cc1ccc(C(C(=O)O)N2CCC(C(N)=O)(N3CCCCC3)CC2)c(C)c1. The molecule has 1 unspecified atom stereocenters. The second kappa shape index (κ2) is 7.98. The van der Waals surface area contributed by atoms with Crippen molar-refractivity contribution in [2.45, 2.75) is 57.5 Å². The molecule has 1 atom stereocenters. The summed E-state index contributed by atoms with van der Waals surface area (Å²) in [6, 6.07) is 5.22. The Bertz CT molecular complexity index is 705. The molecule has 148 valence electrons. The lowest BCUT2D eigenvalue weighted by molar-refractivity contribution is -0.146. The van der Waals surface area contributed by atoms with Crippen LogP contribution in [0, 0.1) is 13.8 Å². The van der Waals surface area contributed by atoms with Gasteiger partial charge < -0.3 is 10.8 Å². The van der Waals surface area contributed by atoms with E-state index in [1.54, 1.807) is 0 Å². The Morgan fingerprint density at radius 3 is 2.22 bits per heavy atom. The van der Waals surface area contributed by atoms with Crippen LogP contribution in [0.3, 0.4) is 0 Å². The summed E-state index contributed by atoms with van der Waals surface area (Å²) in [7, 11) is 0. The molecule has 0 aromatic heterocycles. The van der Waals surface area contributed by atoms with Gasteiger partial charge >= 0.3 is 5.97 Å². The first-order valence-corrected chi connectivity index (χ1v) is 9.94. The van der Waals surface area contributed by atoms with Gasteiger partial charge in [-0.15, -0.1) is 0 Å². The Hall–Kier alpha value is -1.92. The highest BCUT2D eigenvalue weighted by atomic mass is 16.4. The maximum absolute atomic E-state index is 12.4. The molecule has 0 aliphatic carbocycles. The molecule has 6 heteroatoms. The number of nitrogens with zero attached hydrogens (tertiary/aromatic N) is 2. The molecule has 3 N–H and O–H groups in total. The van der Waals surface area contributed by atoms with Crippen LogP contribution in [0.25, 0.3) is 0 Å². The van der Waals surface area contributed by atoms with Gasteiger partial charge in [0.2, 0.25) is 5.91 Å². The number of aliphatic carboxylic acids is 1. The van der Waals surface area contributed by atoms with Gasteiger partial charge in [0.25, 0.3) is 0 Å². The molecule has 6 nitrogen and oxygen atoms in total. The van der Waals surface area contributed by atoms with Gasteiger partial charge in [-0.25, -0.2) is 0 Å². The van der Waals surface area contributed by atoms with Crippen molar-refractivity contribution >= 4 is 11.9 Å². The number of rotatable bonds is 5. The predicted molar refractivity (Wildman–Crippen MR) is 104 cm³/mol. The van der Waals surface area contributed by atoms with Gasteiger partial charge in [-0.3, -0.25) is 19.4 Å². The molecule has 0 bridgehead atoms. The van der Waals surface area contributed by atoms with Gasteiger partial charge in [-0.05, 0) is 63.7 Å². The third-order valence-corrected chi connectivity index (χ3v) is 6.36. The fraction of sp³-hybridized carbons (Fsp3) is 0.619. The van der Waals surface area contributed by atoms with E-state index < -0.39 is 17.6 Å². The topological polar surface area (TPSA) is 86.9 Å². The Kier molecular flexibility index (Phi) is 5.86. The zero-order valence-electron chi connectivity index (χ0n) is 16.4. The molecule has 2 saturated heterocycles. The number of amides is 1. The molecular formula is C21H31N3O3. The number of likely N-dealkylation sites (tertiary alicyclic amines) is 2. The Labute approximate surface area is 161 Å². The largest absolute Gasteiger partial charge is 0.480 e. The first-order chi connectivity index (χ1) is 12.8. The van der Waals surface area contributed by atoms with E-state index in [9.17, 15) is 14.7 Å². The highest BCUT2D eigenvalue weighted by molar-refractivity contribution is 5.85. The van der Waals surface area contributed by atoms with Gasteiger partial charge in [0, 0.05) is 13.1 Å². The lowest BCUT2D eigenvalue weighted by atomic mass is 9.82. The van der Waals surface area contributed by atoms with E-state index in [0.29, 0.717) is 25.9 Å². The van der Waals surface area contributed by atoms with Gasteiger partial charge in [-0.1, -0.05) is 30.2 Å². The number of aryl methyl sites for hydroxylation is 2. The van der Waals surface area contributed by atoms with Crippen molar-refractivity contribution in [3.8, 4) is 0 Å². The van der Waals surface area contributed by atoms with E-state index in [0.717, 1.165) is 42.6 Å². The number of piperidine rings is 2. The van der Waals surface area contributed by atoms with Crippen LogP contribution < -0.4 is 5.73 Å². The average molecular weight is 373 g/mol. The number of carboxylic acid groups (broad SMARTS) is 1. The molecule has 0 spiro atoms. The highest BCUT2D eigenvalue weighted by Gasteiger charge is 2.46. The molecule has 1 aromatic rings. The summed E-state index contributed by atoms with van der Waals surface area (Å²) >= 11 is 0. The van der Waals surface area contributed by atoms with E-state index in [2.05, 4.69) is 4.90 Å². The smallest absolute Gasteiger partial charge is 0.325 e. The number of benzene rings is 1. The molecule has 2 fully saturated rings. The zero-order valence-corrected chi connectivity index (χ0v) is 16.4. The van der Waals surface area contributed by atoms with Crippen molar-refractivity contribution in [1.29, 1.82) is 0 Å². The van der Waals surface area contributed by atoms with Crippen LogP contribution in [0.15, 0.2) is 18.2 Å². The zero-order chi connectivity index (χ0) is 19.6. The van der Waals surface area contributed by atoms with Gasteiger partial charge in [-0.2, -0.15) is 0 Å². The third-order valence-electron chi connectivity index (χ3n) is 6.36. The summed E-state index contributed by atoms with van der Waals surface area (Å²) in [6.07, 6.45) is 4.58. The van der Waals surface area contributed by atoms with Crippen LogP contribution in [0.5, 0.6) is 0 Å². The highest BCUT2D eigenvalue weighted by Crippen LogP contribution is 2.35. The number of carbonyl (C=O) groups excluding carboxylic acids is 1. The number of hydrogen-bond acceptors (Lipinski definition) is 4. The van der Waals surface area contributed by atoms with Crippen molar-refractivity contribution < 1.29 is 14.7 Å². The summed E-state index contributed by atoms with van der Waals surface area (Å²) in [5, 5.41) is 9.92. The van der Waals surface area contributed by atoms with Crippen molar-refractivity contribution in [3.05, 3.63) is 34.9 Å². The molecule has 2 heterocycles. The quantitative estimate of drug-likeness (QED) is 0.826. The van der Waals surface area contributed by atoms with Crippen molar-refractivity contribution in [1.82, 2.24) is 9.80 Å². The maximum Gasteiger partial charge on any atom is 0.325 e. The van der Waals surface area contributed by atoms with Crippen LogP contribution in [-0.4, -0.2) is 58.5 Å².